The minimum atomic E-state index is 0. The van der Waals surface area contributed by atoms with E-state index in [0.717, 1.165) is 0 Å². The van der Waals surface area contributed by atoms with Crippen LogP contribution >= 0.6 is 37.2 Å². The van der Waals surface area contributed by atoms with Crippen LogP contribution in [0, 0.1) is 0 Å². The van der Waals surface area contributed by atoms with Crippen molar-refractivity contribution in [3.05, 3.63) is 0 Å². The van der Waals surface area contributed by atoms with E-state index in [-0.39, 0.29) is 471 Å². The summed E-state index contributed by atoms with van der Waals surface area (Å²) in [6.07, 6.45) is 0. The molecule has 0 unspecified atom stereocenters. The SMILES string of the molecule is Cl.Cl.Cl.[H-].[H-].[H-].[H-].[H-].[H-].[H-].[H-].[H-].[H-].[H-].[H-].[H-].[H-].[Na+].[Na+].[Na+].[Na+].[Na+].[Na+].[Na+].[Na+].[Na+].[Na+].[Na+].[Na+].[Na+].[Na+]. The van der Waals surface area contributed by atoms with E-state index in [0.29, 0.717) is 0 Å². The van der Waals surface area contributed by atoms with E-state index in [9.17, 15) is 0 Å². The Morgan fingerprint density at radius 3 is 0.176 bits per heavy atom. The third kappa shape index (κ3) is 116. The zero-order valence-electron chi connectivity index (χ0n) is 29.2. The van der Waals surface area contributed by atoms with Gasteiger partial charge in [-0.15, -0.1) is 37.2 Å². The van der Waals surface area contributed by atoms with Crippen molar-refractivity contribution in [2.75, 3.05) is 0 Å². The zero-order valence-corrected chi connectivity index (χ0v) is 45.7. The quantitative estimate of drug-likeness (QED) is 0.325. The second-order valence-corrected chi connectivity index (χ2v) is 0. The fourth-order valence-corrected chi connectivity index (χ4v) is 0. The van der Waals surface area contributed by atoms with E-state index in [4.69, 9.17) is 0 Å². The van der Waals surface area contributed by atoms with E-state index >= 15 is 0 Å². The standard InChI is InChI=1S/3ClH.14Na.14H/h3*1H;;;;;;;;;;;;;;;;;;;;;;;;;;;;/q;;;14*+1;14*-1. The topological polar surface area (TPSA) is 0 Å². The third-order valence-corrected chi connectivity index (χ3v) is 0. The average molecular weight is 445 g/mol. The van der Waals surface area contributed by atoms with Crippen LogP contribution in [0.3, 0.4) is 0 Å². The zero-order chi connectivity index (χ0) is 0. The summed E-state index contributed by atoms with van der Waals surface area (Å²) in [5.74, 6) is 0. The summed E-state index contributed by atoms with van der Waals surface area (Å²) < 4.78 is 0. The Bertz CT molecular complexity index is 42.2. The number of rotatable bonds is 0. The summed E-state index contributed by atoms with van der Waals surface area (Å²) >= 11 is 0. The second kappa shape index (κ2) is 125. The van der Waals surface area contributed by atoms with Gasteiger partial charge in [0.1, 0.15) is 0 Å². The molecule has 0 spiro atoms. The van der Waals surface area contributed by atoms with Crippen molar-refractivity contribution in [3.63, 3.8) is 0 Å². The van der Waals surface area contributed by atoms with Gasteiger partial charge in [0.15, 0.2) is 0 Å². The molecule has 0 N–H and O–H groups in total. The molecule has 0 aliphatic heterocycles. The van der Waals surface area contributed by atoms with Gasteiger partial charge >= 0.3 is 414 Å². The molecule has 0 aromatic rings. The smallest absolute Gasteiger partial charge is 1.00 e. The van der Waals surface area contributed by atoms with Gasteiger partial charge in [-0.2, -0.15) is 0 Å². The molecule has 0 atom stereocenters. The normalized spacial score (nSPS) is 0. The predicted octanol–water partition coefficient (Wildman–Crippen LogP) is -39.1. The van der Waals surface area contributed by atoms with Crippen molar-refractivity contribution < 1.29 is 434 Å². The van der Waals surface area contributed by atoms with Crippen LogP contribution in [0.5, 0.6) is 0 Å². The molecule has 0 aliphatic rings. The Labute approximate surface area is 456 Å². The molecule has 0 saturated heterocycles. The Morgan fingerprint density at radius 1 is 0.176 bits per heavy atom. The van der Waals surface area contributed by atoms with Gasteiger partial charge in [0.05, 0.1) is 0 Å². The Kier molecular flexibility index (Phi) is 1010. The van der Waals surface area contributed by atoms with Gasteiger partial charge in [0.25, 0.3) is 0 Å². The average Bonchev–Trinajstić information content (AvgIpc) is 0. The molecule has 0 fully saturated rings. The molecule has 0 radical (unpaired) electrons. The Balaban J connectivity index is 0. The van der Waals surface area contributed by atoms with E-state index in [1.807, 2.05) is 0 Å². The Morgan fingerprint density at radius 2 is 0.176 bits per heavy atom. The molecule has 17 heteroatoms. The molecule has 0 bridgehead atoms. The van der Waals surface area contributed by atoms with Gasteiger partial charge < -0.3 is 20.0 Å². The summed E-state index contributed by atoms with van der Waals surface area (Å²) in [5.41, 5.74) is 0. The minimum Gasteiger partial charge on any atom is -1.00 e. The molecule has 0 rings (SSSR count). The second-order valence-electron chi connectivity index (χ2n) is 0. The first-order chi connectivity index (χ1) is 0. The summed E-state index contributed by atoms with van der Waals surface area (Å²) in [5, 5.41) is 0. The summed E-state index contributed by atoms with van der Waals surface area (Å²) in [7, 11) is 0. The molecule has 0 aromatic carbocycles. The number of halogens is 3. The number of hydrogen-bond donors (Lipinski definition) is 0. The molecule has 0 saturated carbocycles. The van der Waals surface area contributed by atoms with E-state index in [1.165, 1.54) is 0 Å². The molecule has 0 aromatic heterocycles. The van der Waals surface area contributed by atoms with Gasteiger partial charge in [-0.25, -0.2) is 0 Å². The maximum Gasteiger partial charge on any atom is 1.00 e. The van der Waals surface area contributed by atoms with Crippen LogP contribution in [0.25, 0.3) is 0 Å². The maximum atomic E-state index is 0. The van der Waals surface area contributed by atoms with Gasteiger partial charge in [-0.3, -0.25) is 0 Å². The van der Waals surface area contributed by atoms with Crippen LogP contribution in [-0.4, -0.2) is 0 Å². The molecular weight excluding hydrogens is 428 g/mol. The number of hydrogen-bond acceptors (Lipinski definition) is 0. The van der Waals surface area contributed by atoms with Crippen LogP contribution in [0.4, 0.5) is 0 Å². The first-order valence-electron chi connectivity index (χ1n) is 0. The Hall–Kier alpha value is 14.9. The third-order valence-electron chi connectivity index (χ3n) is 0. The van der Waals surface area contributed by atoms with E-state index < -0.39 is 0 Å². The van der Waals surface area contributed by atoms with Crippen molar-refractivity contribution in [2.45, 2.75) is 0 Å². The molecule has 0 aliphatic carbocycles. The first-order valence-corrected chi connectivity index (χ1v) is 0. The van der Waals surface area contributed by atoms with Crippen LogP contribution < -0.4 is 414 Å². The van der Waals surface area contributed by atoms with Gasteiger partial charge in [0, 0.05) is 0 Å². The van der Waals surface area contributed by atoms with Crippen molar-refractivity contribution in [1.82, 2.24) is 0 Å². The molecule has 0 nitrogen and oxygen atoms in total. The minimum absolute atomic E-state index is 0. The van der Waals surface area contributed by atoms with E-state index in [2.05, 4.69) is 0 Å². The largest absolute Gasteiger partial charge is 1.00 e. The molecule has 0 heterocycles. The summed E-state index contributed by atoms with van der Waals surface area (Å²) in [4.78, 5) is 0. The fourth-order valence-electron chi connectivity index (χ4n) is 0. The fraction of sp³-hybridized carbons (Fsp3) is 0. The van der Waals surface area contributed by atoms with E-state index in [1.54, 1.807) is 0 Å². The molecule has 0 amide bonds. The first kappa shape index (κ1) is 137. The molecular formula is H17Cl3Na14. The van der Waals surface area contributed by atoms with Crippen molar-refractivity contribution in [3.8, 4) is 0 Å². The molecule has 52 valence electrons. The maximum absolute atomic E-state index is 0. The summed E-state index contributed by atoms with van der Waals surface area (Å²) in [6.45, 7) is 0. The predicted molar refractivity (Wildman–Crippen MR) is 37.3 cm³/mol. The van der Waals surface area contributed by atoms with Crippen LogP contribution in [-0.2, 0) is 0 Å². The monoisotopic (exact) mass is 444 g/mol. The van der Waals surface area contributed by atoms with Gasteiger partial charge in [0.2, 0.25) is 0 Å². The summed E-state index contributed by atoms with van der Waals surface area (Å²) in [6, 6.07) is 0. The van der Waals surface area contributed by atoms with Crippen LogP contribution in [0.2, 0.25) is 0 Å². The van der Waals surface area contributed by atoms with Crippen molar-refractivity contribution in [1.29, 1.82) is 0 Å². The van der Waals surface area contributed by atoms with Crippen LogP contribution in [0.1, 0.15) is 20.0 Å². The van der Waals surface area contributed by atoms with Crippen molar-refractivity contribution >= 4 is 37.2 Å². The van der Waals surface area contributed by atoms with Crippen molar-refractivity contribution in [2.24, 2.45) is 0 Å². The molecule has 17 heavy (non-hydrogen) atoms. The van der Waals surface area contributed by atoms with Gasteiger partial charge in [-0.1, -0.05) is 0 Å². The van der Waals surface area contributed by atoms with Crippen LogP contribution in [0.15, 0.2) is 0 Å². The van der Waals surface area contributed by atoms with Gasteiger partial charge in [-0.05, 0) is 0 Å².